The van der Waals surface area contributed by atoms with E-state index < -0.39 is 6.61 Å². The number of benzene rings is 1. The van der Waals surface area contributed by atoms with Gasteiger partial charge in [0.15, 0.2) is 5.78 Å². The predicted molar refractivity (Wildman–Crippen MR) is 74.1 cm³/mol. The normalized spacial score (nSPS) is 11.0. The number of alkyl halides is 2. The van der Waals surface area contributed by atoms with E-state index in [4.69, 9.17) is 11.6 Å². The monoisotopic (exact) mass is 314 g/mol. The van der Waals surface area contributed by atoms with Gasteiger partial charge in [0.05, 0.1) is 5.69 Å². The number of rotatable bonds is 5. The van der Waals surface area contributed by atoms with E-state index in [0.717, 1.165) is 0 Å². The first kappa shape index (κ1) is 15.4. The number of nitrogens with zero attached hydrogens (tertiary/aromatic N) is 2. The molecule has 0 radical (unpaired) electrons. The molecule has 21 heavy (non-hydrogen) atoms. The minimum atomic E-state index is -2.93. The molecule has 0 aliphatic carbocycles. The number of halogens is 3. The molecule has 0 unspecified atom stereocenters. The van der Waals surface area contributed by atoms with Crippen LogP contribution < -0.4 is 4.74 Å². The molecule has 0 N–H and O–H groups in total. The van der Waals surface area contributed by atoms with Crippen molar-refractivity contribution in [3.8, 4) is 5.75 Å². The van der Waals surface area contributed by atoms with Crippen molar-refractivity contribution in [3.05, 3.63) is 46.2 Å². The molecule has 0 amide bonds. The van der Waals surface area contributed by atoms with Crippen LogP contribution in [0.2, 0.25) is 5.15 Å². The molecule has 0 aliphatic rings. The first-order valence-electron chi connectivity index (χ1n) is 6.14. The fourth-order valence-corrected chi connectivity index (χ4v) is 2.22. The number of carbonyl (C=O) groups is 1. The minimum absolute atomic E-state index is 0.0511. The lowest BCUT2D eigenvalue weighted by molar-refractivity contribution is -0.0498. The van der Waals surface area contributed by atoms with E-state index in [0.29, 0.717) is 16.4 Å². The summed E-state index contributed by atoms with van der Waals surface area (Å²) in [6, 6.07) is 5.68. The van der Waals surface area contributed by atoms with Gasteiger partial charge in [0.25, 0.3) is 0 Å². The van der Waals surface area contributed by atoms with Crippen LogP contribution in [0, 0.1) is 6.92 Å². The fraction of sp³-hybridized carbons (Fsp3) is 0.286. The largest absolute Gasteiger partial charge is 0.435 e. The Morgan fingerprint density at radius 3 is 2.76 bits per heavy atom. The van der Waals surface area contributed by atoms with Crippen LogP contribution >= 0.6 is 11.6 Å². The first-order chi connectivity index (χ1) is 9.88. The van der Waals surface area contributed by atoms with E-state index in [2.05, 4.69) is 9.84 Å². The quantitative estimate of drug-likeness (QED) is 0.794. The summed E-state index contributed by atoms with van der Waals surface area (Å²) >= 11 is 6.07. The van der Waals surface area contributed by atoms with Crippen LogP contribution in [-0.4, -0.2) is 22.2 Å². The molecule has 1 aromatic carbocycles. The van der Waals surface area contributed by atoms with Crippen molar-refractivity contribution in [2.45, 2.75) is 20.0 Å². The van der Waals surface area contributed by atoms with Gasteiger partial charge in [-0.2, -0.15) is 13.9 Å². The van der Waals surface area contributed by atoms with E-state index >= 15 is 0 Å². The number of hydrogen-bond donors (Lipinski definition) is 0. The number of Topliss-reactive ketones (excluding diaryl/α,β-unsaturated/α-hetero) is 1. The van der Waals surface area contributed by atoms with Gasteiger partial charge < -0.3 is 4.74 Å². The van der Waals surface area contributed by atoms with Crippen LogP contribution in [-0.2, 0) is 13.5 Å². The van der Waals surface area contributed by atoms with Gasteiger partial charge in [-0.1, -0.05) is 23.7 Å². The van der Waals surface area contributed by atoms with E-state index in [1.807, 2.05) is 0 Å². The highest BCUT2D eigenvalue weighted by atomic mass is 35.5. The molecule has 2 aromatic rings. The summed E-state index contributed by atoms with van der Waals surface area (Å²) < 4.78 is 30.1. The molecule has 0 aliphatic heterocycles. The number of hydrogen-bond acceptors (Lipinski definition) is 3. The third-order valence-corrected chi connectivity index (χ3v) is 3.46. The fourth-order valence-electron chi connectivity index (χ4n) is 1.98. The van der Waals surface area contributed by atoms with Crippen molar-refractivity contribution < 1.29 is 18.3 Å². The Labute approximate surface area is 125 Å². The summed E-state index contributed by atoms with van der Waals surface area (Å²) in [7, 11) is 1.68. The zero-order valence-electron chi connectivity index (χ0n) is 11.4. The maximum Gasteiger partial charge on any atom is 0.387 e. The number of ketones is 1. The molecule has 2 rings (SSSR count). The average Bonchev–Trinajstić information content (AvgIpc) is 2.65. The molecular formula is C14H13ClF2N2O2. The van der Waals surface area contributed by atoms with Gasteiger partial charge in [0.2, 0.25) is 0 Å². The molecular weight excluding hydrogens is 302 g/mol. The molecule has 0 bridgehead atoms. The molecule has 1 aromatic heterocycles. The van der Waals surface area contributed by atoms with Gasteiger partial charge in [-0.3, -0.25) is 9.48 Å². The summed E-state index contributed by atoms with van der Waals surface area (Å²) in [5.74, 6) is -0.294. The second-order valence-corrected chi connectivity index (χ2v) is 4.84. The van der Waals surface area contributed by atoms with E-state index in [1.165, 1.54) is 22.9 Å². The van der Waals surface area contributed by atoms with Crippen LogP contribution in [0.5, 0.6) is 5.75 Å². The Morgan fingerprint density at radius 1 is 1.48 bits per heavy atom. The van der Waals surface area contributed by atoms with E-state index in [-0.39, 0.29) is 23.5 Å². The van der Waals surface area contributed by atoms with Gasteiger partial charge in [0, 0.05) is 24.6 Å². The maximum atomic E-state index is 12.2. The van der Waals surface area contributed by atoms with Gasteiger partial charge >= 0.3 is 6.61 Å². The van der Waals surface area contributed by atoms with Gasteiger partial charge in [0.1, 0.15) is 10.9 Å². The molecule has 0 fully saturated rings. The Bertz CT molecular complexity index is 671. The standard InChI is InChI=1S/C14H13ClF2N2O2/c1-8-11(13(15)19(2)18-8)7-12(20)9-4-3-5-10(6-9)21-14(16)17/h3-6,14H,7H2,1-2H3. The zero-order chi connectivity index (χ0) is 15.6. The molecule has 112 valence electrons. The highest BCUT2D eigenvalue weighted by Gasteiger charge is 2.17. The Hall–Kier alpha value is -1.95. The summed E-state index contributed by atoms with van der Waals surface area (Å²) in [4.78, 5) is 12.2. The van der Waals surface area contributed by atoms with Crippen molar-refractivity contribution in [3.63, 3.8) is 0 Å². The molecule has 0 spiro atoms. The molecule has 1 heterocycles. The third-order valence-electron chi connectivity index (χ3n) is 2.99. The lowest BCUT2D eigenvalue weighted by Crippen LogP contribution is -2.06. The molecule has 7 heteroatoms. The first-order valence-corrected chi connectivity index (χ1v) is 6.52. The second-order valence-electron chi connectivity index (χ2n) is 4.48. The Balaban J connectivity index is 2.20. The highest BCUT2D eigenvalue weighted by Crippen LogP contribution is 2.22. The Kier molecular flexibility index (Phi) is 4.57. The van der Waals surface area contributed by atoms with Gasteiger partial charge in [-0.25, -0.2) is 0 Å². The molecule has 4 nitrogen and oxygen atoms in total. The minimum Gasteiger partial charge on any atom is -0.435 e. The van der Waals surface area contributed by atoms with Crippen molar-refractivity contribution in [1.29, 1.82) is 0 Å². The van der Waals surface area contributed by atoms with Crippen molar-refractivity contribution in [2.24, 2.45) is 7.05 Å². The highest BCUT2D eigenvalue weighted by molar-refractivity contribution is 6.30. The lowest BCUT2D eigenvalue weighted by atomic mass is 10.0. The van der Waals surface area contributed by atoms with E-state index in [1.54, 1.807) is 20.0 Å². The average molecular weight is 315 g/mol. The summed E-state index contributed by atoms with van der Waals surface area (Å²) in [5.41, 5.74) is 1.58. The van der Waals surface area contributed by atoms with E-state index in [9.17, 15) is 13.6 Å². The summed E-state index contributed by atoms with van der Waals surface area (Å²) in [5, 5.41) is 4.51. The lowest BCUT2D eigenvalue weighted by Gasteiger charge is -2.06. The van der Waals surface area contributed by atoms with Crippen LogP contribution in [0.3, 0.4) is 0 Å². The van der Waals surface area contributed by atoms with Crippen molar-refractivity contribution >= 4 is 17.4 Å². The zero-order valence-corrected chi connectivity index (χ0v) is 12.2. The van der Waals surface area contributed by atoms with Crippen molar-refractivity contribution in [2.75, 3.05) is 0 Å². The Morgan fingerprint density at radius 2 is 2.19 bits per heavy atom. The number of aryl methyl sites for hydroxylation is 2. The third kappa shape index (κ3) is 3.58. The van der Waals surface area contributed by atoms with Crippen LogP contribution in [0.1, 0.15) is 21.6 Å². The van der Waals surface area contributed by atoms with Gasteiger partial charge in [-0.15, -0.1) is 0 Å². The maximum absolute atomic E-state index is 12.2. The number of ether oxygens (including phenoxy) is 1. The summed E-state index contributed by atoms with van der Waals surface area (Å²) in [6.45, 7) is -1.17. The van der Waals surface area contributed by atoms with Crippen molar-refractivity contribution in [1.82, 2.24) is 9.78 Å². The second kappa shape index (κ2) is 6.22. The number of carbonyl (C=O) groups excluding carboxylic acids is 1. The van der Waals surface area contributed by atoms with Crippen LogP contribution in [0.25, 0.3) is 0 Å². The summed E-state index contributed by atoms with van der Waals surface area (Å²) in [6.07, 6.45) is 0.0522. The SMILES string of the molecule is Cc1nn(C)c(Cl)c1CC(=O)c1cccc(OC(F)F)c1. The van der Waals surface area contributed by atoms with Gasteiger partial charge in [-0.05, 0) is 19.1 Å². The molecule has 0 saturated carbocycles. The smallest absolute Gasteiger partial charge is 0.387 e. The topological polar surface area (TPSA) is 44.1 Å². The van der Waals surface area contributed by atoms with Crippen LogP contribution in [0.4, 0.5) is 8.78 Å². The van der Waals surface area contributed by atoms with Crippen LogP contribution in [0.15, 0.2) is 24.3 Å². The molecule has 0 atom stereocenters. The molecule has 0 saturated heterocycles. The number of aromatic nitrogens is 2. The predicted octanol–water partition coefficient (Wildman–Crippen LogP) is 3.41.